The van der Waals surface area contributed by atoms with Gasteiger partial charge in [-0.15, -0.1) is 0 Å². The Kier molecular flexibility index (Phi) is 3.90. The van der Waals surface area contributed by atoms with Crippen LogP contribution in [-0.4, -0.2) is 0 Å². The number of hydrogen-bond acceptors (Lipinski definition) is 1. The maximum atomic E-state index is 6.32. The number of rotatable bonds is 2. The number of anilines is 1. The van der Waals surface area contributed by atoms with Crippen molar-refractivity contribution in [1.82, 2.24) is 0 Å². The lowest BCUT2D eigenvalue weighted by Crippen LogP contribution is -2.33. The zero-order chi connectivity index (χ0) is 15.0. The van der Waals surface area contributed by atoms with Crippen molar-refractivity contribution >= 4 is 28.9 Å². The van der Waals surface area contributed by atoms with Gasteiger partial charge in [-0.05, 0) is 41.5 Å². The maximum Gasteiger partial charge on any atom is 0.0723 e. The molecule has 2 aromatic rings. The van der Waals surface area contributed by atoms with Crippen LogP contribution < -0.4 is 5.32 Å². The highest BCUT2D eigenvalue weighted by atomic mass is 35.5. The van der Waals surface area contributed by atoms with Crippen LogP contribution in [0.3, 0.4) is 0 Å². The van der Waals surface area contributed by atoms with Crippen LogP contribution in [0.1, 0.15) is 37.4 Å². The summed E-state index contributed by atoms with van der Waals surface area (Å²) in [5, 5.41) is 4.94. The molecule has 1 aliphatic carbocycles. The minimum absolute atomic E-state index is 0.150. The summed E-state index contributed by atoms with van der Waals surface area (Å²) >= 11 is 12.6. The molecule has 1 N–H and O–H groups in total. The van der Waals surface area contributed by atoms with E-state index < -0.39 is 0 Å². The van der Waals surface area contributed by atoms with Crippen LogP contribution >= 0.6 is 23.2 Å². The van der Waals surface area contributed by atoms with Crippen molar-refractivity contribution in [1.29, 1.82) is 0 Å². The van der Waals surface area contributed by atoms with Gasteiger partial charge in [0.2, 0.25) is 0 Å². The minimum atomic E-state index is 0.150. The van der Waals surface area contributed by atoms with Crippen LogP contribution in [-0.2, 0) is 6.42 Å². The Labute approximate surface area is 136 Å². The zero-order valence-corrected chi connectivity index (χ0v) is 13.8. The standard InChI is InChI=1S/C18H19Cl2N/c1-18(2)11-10-12-6-3-4-7-13(12)17(18)21-16-14(19)8-5-9-15(16)20/h3-9,17,21H,10-11H2,1-2H3. The molecule has 0 saturated heterocycles. The molecule has 110 valence electrons. The largest absolute Gasteiger partial charge is 0.375 e. The van der Waals surface area contributed by atoms with Gasteiger partial charge in [0.1, 0.15) is 0 Å². The summed E-state index contributed by atoms with van der Waals surface area (Å²) in [6, 6.07) is 14.5. The van der Waals surface area contributed by atoms with Crippen LogP contribution in [0, 0.1) is 5.41 Å². The fraction of sp³-hybridized carbons (Fsp3) is 0.333. The average molecular weight is 320 g/mol. The van der Waals surface area contributed by atoms with Gasteiger partial charge in [0.15, 0.2) is 0 Å². The summed E-state index contributed by atoms with van der Waals surface area (Å²) < 4.78 is 0. The normalized spacial score (nSPS) is 19.9. The Morgan fingerprint density at radius 3 is 2.38 bits per heavy atom. The highest BCUT2D eigenvalue weighted by Crippen LogP contribution is 2.46. The van der Waals surface area contributed by atoms with Gasteiger partial charge in [0.25, 0.3) is 0 Å². The van der Waals surface area contributed by atoms with Crippen LogP contribution in [0.25, 0.3) is 0 Å². The summed E-state index contributed by atoms with van der Waals surface area (Å²) in [5.74, 6) is 0. The number of para-hydroxylation sites is 1. The molecular weight excluding hydrogens is 301 g/mol. The lowest BCUT2D eigenvalue weighted by molar-refractivity contribution is 0.265. The number of fused-ring (bicyclic) bond motifs is 1. The SMILES string of the molecule is CC1(C)CCc2ccccc2C1Nc1c(Cl)cccc1Cl. The monoisotopic (exact) mass is 319 g/mol. The van der Waals surface area contributed by atoms with E-state index in [2.05, 4.69) is 43.4 Å². The summed E-state index contributed by atoms with van der Waals surface area (Å²) in [6.45, 7) is 4.59. The molecule has 0 fully saturated rings. The minimum Gasteiger partial charge on any atom is -0.375 e. The lowest BCUT2D eigenvalue weighted by atomic mass is 9.70. The fourth-order valence-corrected chi connectivity index (χ4v) is 3.63. The number of hydrogen-bond donors (Lipinski definition) is 1. The number of benzene rings is 2. The summed E-state index contributed by atoms with van der Waals surface area (Å²) in [4.78, 5) is 0. The van der Waals surface area contributed by atoms with Gasteiger partial charge in [-0.2, -0.15) is 0 Å². The van der Waals surface area contributed by atoms with E-state index in [1.165, 1.54) is 11.1 Å². The Bertz CT molecular complexity index is 644. The molecule has 1 unspecified atom stereocenters. The van der Waals surface area contributed by atoms with Gasteiger partial charge in [0, 0.05) is 0 Å². The zero-order valence-electron chi connectivity index (χ0n) is 12.3. The fourth-order valence-electron chi connectivity index (χ4n) is 3.12. The number of halogens is 2. The van der Waals surface area contributed by atoms with Gasteiger partial charge in [-0.1, -0.05) is 67.4 Å². The summed E-state index contributed by atoms with van der Waals surface area (Å²) in [5.41, 5.74) is 3.74. The van der Waals surface area contributed by atoms with E-state index in [1.807, 2.05) is 18.2 Å². The molecule has 0 heterocycles. The molecule has 21 heavy (non-hydrogen) atoms. The first kappa shape index (κ1) is 14.7. The van der Waals surface area contributed by atoms with E-state index in [0.29, 0.717) is 10.0 Å². The van der Waals surface area contributed by atoms with Crippen LogP contribution in [0.2, 0.25) is 10.0 Å². The predicted molar refractivity (Wildman–Crippen MR) is 91.4 cm³/mol. The van der Waals surface area contributed by atoms with Crippen molar-refractivity contribution in [2.24, 2.45) is 5.41 Å². The van der Waals surface area contributed by atoms with Crippen molar-refractivity contribution in [3.8, 4) is 0 Å². The number of nitrogens with one attached hydrogen (secondary N) is 1. The molecular formula is C18H19Cl2N. The first-order chi connectivity index (χ1) is 9.99. The first-order valence-corrected chi connectivity index (χ1v) is 8.03. The lowest BCUT2D eigenvalue weighted by Gasteiger charge is -2.41. The van der Waals surface area contributed by atoms with Crippen molar-refractivity contribution in [2.45, 2.75) is 32.7 Å². The van der Waals surface area contributed by atoms with E-state index >= 15 is 0 Å². The molecule has 2 aromatic carbocycles. The Morgan fingerprint density at radius 1 is 1.00 bits per heavy atom. The summed E-state index contributed by atoms with van der Waals surface area (Å²) in [6.07, 6.45) is 2.27. The highest BCUT2D eigenvalue weighted by molar-refractivity contribution is 6.39. The molecule has 3 rings (SSSR count). The molecule has 1 nitrogen and oxygen atoms in total. The van der Waals surface area contributed by atoms with Crippen molar-refractivity contribution < 1.29 is 0 Å². The van der Waals surface area contributed by atoms with Gasteiger partial charge >= 0.3 is 0 Å². The quantitative estimate of drug-likeness (QED) is 0.703. The van der Waals surface area contributed by atoms with Gasteiger partial charge in [0.05, 0.1) is 21.8 Å². The molecule has 0 amide bonds. The van der Waals surface area contributed by atoms with Crippen LogP contribution in [0.5, 0.6) is 0 Å². The van der Waals surface area contributed by atoms with Crippen molar-refractivity contribution in [3.05, 3.63) is 63.6 Å². The second-order valence-electron chi connectivity index (χ2n) is 6.36. The molecule has 0 spiro atoms. The summed E-state index contributed by atoms with van der Waals surface area (Å²) in [7, 11) is 0. The second-order valence-corrected chi connectivity index (χ2v) is 7.18. The van der Waals surface area contributed by atoms with E-state index in [0.717, 1.165) is 18.5 Å². The topological polar surface area (TPSA) is 12.0 Å². The molecule has 1 atom stereocenters. The van der Waals surface area contributed by atoms with Crippen molar-refractivity contribution in [3.63, 3.8) is 0 Å². The van der Waals surface area contributed by atoms with Crippen LogP contribution in [0.4, 0.5) is 5.69 Å². The first-order valence-electron chi connectivity index (χ1n) is 7.27. The molecule has 3 heteroatoms. The van der Waals surface area contributed by atoms with E-state index in [4.69, 9.17) is 23.2 Å². The van der Waals surface area contributed by atoms with Crippen molar-refractivity contribution in [2.75, 3.05) is 5.32 Å². The second kappa shape index (κ2) is 5.55. The average Bonchev–Trinajstić information content (AvgIpc) is 2.45. The van der Waals surface area contributed by atoms with E-state index in [-0.39, 0.29) is 11.5 Å². The molecule has 1 aliphatic rings. The number of aryl methyl sites for hydroxylation is 1. The maximum absolute atomic E-state index is 6.32. The van der Waals surface area contributed by atoms with Crippen LogP contribution in [0.15, 0.2) is 42.5 Å². The molecule has 0 bridgehead atoms. The third-order valence-electron chi connectivity index (χ3n) is 4.44. The molecule has 0 saturated carbocycles. The molecule has 0 aliphatic heterocycles. The predicted octanol–water partition coefficient (Wildman–Crippen LogP) is 6.12. The Morgan fingerprint density at radius 2 is 1.67 bits per heavy atom. The van der Waals surface area contributed by atoms with Gasteiger partial charge in [-0.3, -0.25) is 0 Å². The third kappa shape index (κ3) is 2.77. The highest BCUT2D eigenvalue weighted by Gasteiger charge is 2.36. The smallest absolute Gasteiger partial charge is 0.0723 e. The Balaban J connectivity index is 2.04. The van der Waals surface area contributed by atoms with Gasteiger partial charge < -0.3 is 5.32 Å². The van der Waals surface area contributed by atoms with E-state index in [1.54, 1.807) is 0 Å². The van der Waals surface area contributed by atoms with Gasteiger partial charge in [-0.25, -0.2) is 0 Å². The van der Waals surface area contributed by atoms with E-state index in [9.17, 15) is 0 Å². The molecule has 0 aromatic heterocycles. The third-order valence-corrected chi connectivity index (χ3v) is 5.07. The Hall–Kier alpha value is -1.18. The molecule has 0 radical (unpaired) electrons.